The maximum atomic E-state index is 5.27. The second-order valence-electron chi connectivity index (χ2n) is 1.89. The number of rotatable bonds is 5. The summed E-state index contributed by atoms with van der Waals surface area (Å²) in [5.74, 6) is 0. The van der Waals surface area contributed by atoms with Gasteiger partial charge in [-0.05, 0) is 25.9 Å². The minimum absolute atomic E-state index is 0.802. The molecule has 0 fully saturated rings. The Morgan fingerprint density at radius 1 is 1.38 bits per heavy atom. The third-order valence-electron chi connectivity index (χ3n) is 0.984. The highest BCUT2D eigenvalue weighted by molar-refractivity contribution is 6.08. The van der Waals surface area contributed by atoms with Crippen LogP contribution in [-0.2, 0) is 0 Å². The third kappa shape index (κ3) is 6.02. The zero-order valence-electron chi connectivity index (χ0n) is 5.61. The van der Waals surface area contributed by atoms with E-state index in [-0.39, 0.29) is 0 Å². The summed E-state index contributed by atoms with van der Waals surface area (Å²) in [6, 6.07) is 0. The Balaban J connectivity index is 2.53. The lowest BCUT2D eigenvalue weighted by Crippen LogP contribution is -2.15. The summed E-state index contributed by atoms with van der Waals surface area (Å²) in [5, 5.41) is 3.26. The van der Waals surface area contributed by atoms with Crippen molar-refractivity contribution in [3.8, 4) is 0 Å². The summed E-state index contributed by atoms with van der Waals surface area (Å²) in [7, 11) is 5.27. The number of hydrogen-bond donors (Lipinski definition) is 1. The first-order valence-corrected chi connectivity index (χ1v) is 3.32. The van der Waals surface area contributed by atoms with E-state index in [4.69, 9.17) is 7.85 Å². The van der Waals surface area contributed by atoms with Crippen molar-refractivity contribution in [3.05, 3.63) is 0 Å². The van der Waals surface area contributed by atoms with E-state index >= 15 is 0 Å². The lowest BCUT2D eigenvalue weighted by Gasteiger charge is -1.98. The number of nitrogens with one attached hydrogen (secondary N) is 1. The molecule has 0 heterocycles. The van der Waals surface area contributed by atoms with Crippen molar-refractivity contribution in [2.45, 2.75) is 26.1 Å². The van der Waals surface area contributed by atoms with Crippen LogP contribution in [0.3, 0.4) is 0 Å². The predicted octanol–water partition coefficient (Wildman–Crippen LogP) is 0.963. The molecule has 1 N–H and O–H groups in total. The van der Waals surface area contributed by atoms with Crippen LogP contribution in [0.2, 0.25) is 6.32 Å². The molecule has 2 radical (unpaired) electrons. The van der Waals surface area contributed by atoms with Crippen molar-refractivity contribution in [1.29, 1.82) is 0 Å². The predicted molar refractivity (Wildman–Crippen MR) is 38.3 cm³/mol. The van der Waals surface area contributed by atoms with Crippen LogP contribution < -0.4 is 5.32 Å². The molecule has 0 aromatic carbocycles. The lowest BCUT2D eigenvalue weighted by atomic mass is 10.0. The van der Waals surface area contributed by atoms with Crippen LogP contribution in [0.15, 0.2) is 0 Å². The molecule has 0 aliphatic carbocycles. The van der Waals surface area contributed by atoms with E-state index in [2.05, 4.69) is 12.2 Å². The standard InChI is InChI=1S/C6H14BN/c1-2-5-8-6-3-4-7/h8H,2-6H2,1H3. The third-order valence-corrected chi connectivity index (χ3v) is 0.984. The lowest BCUT2D eigenvalue weighted by molar-refractivity contribution is 0.661. The van der Waals surface area contributed by atoms with E-state index in [1.807, 2.05) is 0 Å². The quantitative estimate of drug-likeness (QED) is 0.411. The zero-order chi connectivity index (χ0) is 6.24. The Hall–Kier alpha value is 0.0249. The van der Waals surface area contributed by atoms with Gasteiger partial charge >= 0.3 is 0 Å². The van der Waals surface area contributed by atoms with Gasteiger partial charge in [0.25, 0.3) is 0 Å². The van der Waals surface area contributed by atoms with Gasteiger partial charge in [0.15, 0.2) is 0 Å². The molecular weight excluding hydrogens is 96.9 g/mol. The van der Waals surface area contributed by atoms with Crippen LogP contribution in [0.25, 0.3) is 0 Å². The molecule has 1 nitrogen and oxygen atoms in total. The fraction of sp³-hybridized carbons (Fsp3) is 1.00. The molecular formula is C6H14BN. The van der Waals surface area contributed by atoms with E-state index in [0.717, 1.165) is 25.8 Å². The Kier molecular flexibility index (Phi) is 7.05. The summed E-state index contributed by atoms with van der Waals surface area (Å²) in [5.41, 5.74) is 0. The van der Waals surface area contributed by atoms with Crippen molar-refractivity contribution in [3.63, 3.8) is 0 Å². The van der Waals surface area contributed by atoms with Gasteiger partial charge in [-0.15, -0.1) is 0 Å². The molecule has 0 aromatic rings. The van der Waals surface area contributed by atoms with Gasteiger partial charge in [-0.3, -0.25) is 0 Å². The average Bonchev–Trinajstić information content (AvgIpc) is 1.81. The molecule has 0 saturated heterocycles. The zero-order valence-corrected chi connectivity index (χ0v) is 5.61. The van der Waals surface area contributed by atoms with Crippen molar-refractivity contribution in [2.24, 2.45) is 0 Å². The Morgan fingerprint density at radius 3 is 2.62 bits per heavy atom. The molecule has 2 heteroatoms. The van der Waals surface area contributed by atoms with Gasteiger partial charge in [0.05, 0.1) is 7.85 Å². The van der Waals surface area contributed by atoms with Crippen LogP contribution in [0.4, 0.5) is 0 Å². The smallest absolute Gasteiger partial charge is 0.0653 e. The average molecular weight is 111 g/mol. The van der Waals surface area contributed by atoms with Crippen LogP contribution in [-0.4, -0.2) is 20.9 Å². The molecule has 0 rings (SSSR count). The molecule has 0 saturated carbocycles. The van der Waals surface area contributed by atoms with Gasteiger partial charge in [-0.1, -0.05) is 13.2 Å². The molecule has 0 aliphatic rings. The number of hydrogen-bond acceptors (Lipinski definition) is 1. The fourth-order valence-corrected chi connectivity index (χ4v) is 0.529. The van der Waals surface area contributed by atoms with Crippen LogP contribution >= 0.6 is 0 Å². The Bertz CT molecular complexity index is 33.5. The van der Waals surface area contributed by atoms with Gasteiger partial charge in [-0.25, -0.2) is 0 Å². The molecule has 46 valence electrons. The molecule has 0 atom stereocenters. The van der Waals surface area contributed by atoms with Crippen molar-refractivity contribution in [2.75, 3.05) is 13.1 Å². The Labute approximate surface area is 53.3 Å². The molecule has 0 unspecified atom stereocenters. The summed E-state index contributed by atoms with van der Waals surface area (Å²) in [4.78, 5) is 0. The maximum absolute atomic E-state index is 5.27. The minimum atomic E-state index is 0.802. The molecule has 8 heavy (non-hydrogen) atoms. The molecule has 0 aliphatic heterocycles. The van der Waals surface area contributed by atoms with Gasteiger partial charge in [-0.2, -0.15) is 0 Å². The monoisotopic (exact) mass is 111 g/mol. The minimum Gasteiger partial charge on any atom is -0.317 e. The van der Waals surface area contributed by atoms with Crippen molar-refractivity contribution in [1.82, 2.24) is 5.32 Å². The first-order valence-electron chi connectivity index (χ1n) is 3.32. The van der Waals surface area contributed by atoms with E-state index in [1.165, 1.54) is 6.42 Å². The first kappa shape index (κ1) is 8.02. The second-order valence-corrected chi connectivity index (χ2v) is 1.89. The van der Waals surface area contributed by atoms with Gasteiger partial charge in [0.1, 0.15) is 0 Å². The molecule has 0 bridgehead atoms. The van der Waals surface area contributed by atoms with Crippen LogP contribution in [0, 0.1) is 0 Å². The highest BCUT2D eigenvalue weighted by atomic mass is 14.8. The fourth-order valence-electron chi connectivity index (χ4n) is 0.529. The van der Waals surface area contributed by atoms with E-state index in [1.54, 1.807) is 0 Å². The van der Waals surface area contributed by atoms with Crippen molar-refractivity contribution >= 4 is 7.85 Å². The highest BCUT2D eigenvalue weighted by Gasteiger charge is 1.80. The normalized spacial score (nSPS) is 9.62. The van der Waals surface area contributed by atoms with Crippen molar-refractivity contribution < 1.29 is 0 Å². The first-order chi connectivity index (χ1) is 3.91. The molecule has 0 spiro atoms. The summed E-state index contributed by atoms with van der Waals surface area (Å²) >= 11 is 0. The molecule has 0 amide bonds. The van der Waals surface area contributed by atoms with Gasteiger partial charge in [0.2, 0.25) is 0 Å². The molecule has 0 aromatic heterocycles. The topological polar surface area (TPSA) is 12.0 Å². The van der Waals surface area contributed by atoms with E-state index < -0.39 is 0 Å². The van der Waals surface area contributed by atoms with Gasteiger partial charge < -0.3 is 5.32 Å². The van der Waals surface area contributed by atoms with E-state index in [9.17, 15) is 0 Å². The van der Waals surface area contributed by atoms with Gasteiger partial charge in [0, 0.05) is 0 Å². The van der Waals surface area contributed by atoms with Crippen LogP contribution in [0.1, 0.15) is 19.8 Å². The summed E-state index contributed by atoms with van der Waals surface area (Å²) in [6.45, 7) is 4.36. The SMILES string of the molecule is [B]CCCNCCC. The summed E-state index contributed by atoms with van der Waals surface area (Å²) < 4.78 is 0. The maximum Gasteiger partial charge on any atom is 0.0653 e. The Morgan fingerprint density at radius 2 is 2.12 bits per heavy atom. The van der Waals surface area contributed by atoms with Crippen LogP contribution in [0.5, 0.6) is 0 Å². The summed E-state index contributed by atoms with van der Waals surface area (Å²) in [6.07, 6.45) is 3.11. The van der Waals surface area contributed by atoms with E-state index in [0.29, 0.717) is 0 Å². The second kappa shape index (κ2) is 7.02. The highest BCUT2D eigenvalue weighted by Crippen LogP contribution is 1.79. The largest absolute Gasteiger partial charge is 0.317 e.